The average molecular weight is 317 g/mol. The Morgan fingerprint density at radius 3 is 2.74 bits per heavy atom. The molecular weight excluding hydrogens is 297 g/mol. The highest BCUT2D eigenvalue weighted by Gasteiger charge is 2.28. The molecule has 0 bridgehead atoms. The van der Waals surface area contributed by atoms with Crippen LogP contribution in [-0.4, -0.2) is 45.4 Å². The number of rotatable bonds is 4. The Labute approximate surface area is 134 Å². The fraction of sp³-hybridized carbons (Fsp3) is 0.412. The number of halogens is 1. The van der Waals surface area contributed by atoms with E-state index >= 15 is 0 Å². The van der Waals surface area contributed by atoms with Gasteiger partial charge in [0.2, 0.25) is 0 Å². The highest BCUT2D eigenvalue weighted by molar-refractivity contribution is 5.92. The highest BCUT2D eigenvalue weighted by Crippen LogP contribution is 2.26. The lowest BCUT2D eigenvalue weighted by Crippen LogP contribution is -2.34. The standard InChI is InChI=1S/C17H20FN3O2/c1-20(11-12-3-2-4-16(12)22)17(23)15-9-10-21(19-15)14-7-5-13(18)6-8-14/h5-10,12,16,22H,2-4,11H2,1H3. The molecule has 0 aliphatic heterocycles. The van der Waals surface area contributed by atoms with Crippen molar-refractivity contribution < 1.29 is 14.3 Å². The minimum Gasteiger partial charge on any atom is -0.393 e. The quantitative estimate of drug-likeness (QED) is 0.941. The Morgan fingerprint density at radius 1 is 1.35 bits per heavy atom. The summed E-state index contributed by atoms with van der Waals surface area (Å²) >= 11 is 0. The summed E-state index contributed by atoms with van der Waals surface area (Å²) in [7, 11) is 1.73. The number of nitrogens with zero attached hydrogens (tertiary/aromatic N) is 3. The van der Waals surface area contributed by atoms with Gasteiger partial charge in [-0.2, -0.15) is 5.10 Å². The van der Waals surface area contributed by atoms with Crippen LogP contribution in [0.5, 0.6) is 0 Å². The monoisotopic (exact) mass is 317 g/mol. The van der Waals surface area contributed by atoms with Crippen LogP contribution in [-0.2, 0) is 0 Å². The highest BCUT2D eigenvalue weighted by atomic mass is 19.1. The van der Waals surface area contributed by atoms with Gasteiger partial charge in [-0.15, -0.1) is 0 Å². The number of carbonyl (C=O) groups excluding carboxylic acids is 1. The number of amides is 1. The smallest absolute Gasteiger partial charge is 0.274 e. The second kappa shape index (κ2) is 6.50. The molecule has 2 aromatic rings. The lowest BCUT2D eigenvalue weighted by atomic mass is 10.1. The van der Waals surface area contributed by atoms with Crippen molar-refractivity contribution in [3.05, 3.63) is 48.0 Å². The van der Waals surface area contributed by atoms with E-state index < -0.39 is 0 Å². The maximum atomic E-state index is 13.0. The zero-order valence-corrected chi connectivity index (χ0v) is 13.0. The van der Waals surface area contributed by atoms with Crippen LogP contribution in [0.25, 0.3) is 5.69 Å². The molecule has 1 aromatic heterocycles. The molecule has 6 heteroatoms. The van der Waals surface area contributed by atoms with Crippen molar-refractivity contribution in [2.24, 2.45) is 5.92 Å². The molecule has 122 valence electrons. The summed E-state index contributed by atoms with van der Waals surface area (Å²) < 4.78 is 14.5. The summed E-state index contributed by atoms with van der Waals surface area (Å²) in [5, 5.41) is 14.1. The third kappa shape index (κ3) is 3.42. The first-order valence-corrected chi connectivity index (χ1v) is 7.80. The molecule has 1 heterocycles. The molecule has 2 unspecified atom stereocenters. The van der Waals surface area contributed by atoms with Gasteiger partial charge in [-0.05, 0) is 43.2 Å². The molecule has 1 saturated carbocycles. The van der Waals surface area contributed by atoms with E-state index in [1.54, 1.807) is 41.0 Å². The first-order valence-electron chi connectivity index (χ1n) is 7.80. The molecular formula is C17H20FN3O2. The first kappa shape index (κ1) is 15.7. The molecule has 1 fully saturated rings. The molecule has 1 N–H and O–H groups in total. The summed E-state index contributed by atoms with van der Waals surface area (Å²) in [6.07, 6.45) is 4.13. The predicted molar refractivity (Wildman–Crippen MR) is 83.8 cm³/mol. The molecule has 23 heavy (non-hydrogen) atoms. The maximum absolute atomic E-state index is 13.0. The topological polar surface area (TPSA) is 58.4 Å². The van der Waals surface area contributed by atoms with Gasteiger partial charge in [-0.1, -0.05) is 6.42 Å². The third-order valence-electron chi connectivity index (χ3n) is 4.37. The zero-order valence-electron chi connectivity index (χ0n) is 13.0. The van der Waals surface area contributed by atoms with Gasteiger partial charge in [0, 0.05) is 25.7 Å². The van der Waals surface area contributed by atoms with Crippen molar-refractivity contribution in [3.8, 4) is 5.69 Å². The Kier molecular flexibility index (Phi) is 4.43. The van der Waals surface area contributed by atoms with Crippen LogP contribution in [0.3, 0.4) is 0 Å². The largest absolute Gasteiger partial charge is 0.393 e. The van der Waals surface area contributed by atoms with E-state index in [0.29, 0.717) is 17.9 Å². The number of aliphatic hydroxyl groups excluding tert-OH is 1. The lowest BCUT2D eigenvalue weighted by Gasteiger charge is -2.22. The molecule has 1 aromatic carbocycles. The lowest BCUT2D eigenvalue weighted by molar-refractivity contribution is 0.0688. The summed E-state index contributed by atoms with van der Waals surface area (Å²) in [5.74, 6) is -0.347. The molecule has 0 radical (unpaired) electrons. The van der Waals surface area contributed by atoms with E-state index in [-0.39, 0.29) is 23.7 Å². The minimum absolute atomic E-state index is 0.142. The molecule has 1 aliphatic carbocycles. The summed E-state index contributed by atoms with van der Waals surface area (Å²) in [4.78, 5) is 14.1. The summed E-state index contributed by atoms with van der Waals surface area (Å²) in [5.41, 5.74) is 1.03. The third-order valence-corrected chi connectivity index (χ3v) is 4.37. The van der Waals surface area contributed by atoms with E-state index in [0.717, 1.165) is 19.3 Å². The van der Waals surface area contributed by atoms with Gasteiger partial charge < -0.3 is 10.0 Å². The van der Waals surface area contributed by atoms with Crippen LogP contribution in [0.1, 0.15) is 29.8 Å². The van der Waals surface area contributed by atoms with Crippen LogP contribution < -0.4 is 0 Å². The normalized spacial score (nSPS) is 20.7. The van der Waals surface area contributed by atoms with Gasteiger partial charge in [-0.25, -0.2) is 9.07 Å². The molecule has 1 amide bonds. The number of hydrogen-bond acceptors (Lipinski definition) is 3. The number of hydrogen-bond donors (Lipinski definition) is 1. The van der Waals surface area contributed by atoms with Crippen LogP contribution in [0, 0.1) is 11.7 Å². The van der Waals surface area contributed by atoms with E-state index in [9.17, 15) is 14.3 Å². The molecule has 2 atom stereocenters. The van der Waals surface area contributed by atoms with Crippen molar-refractivity contribution in [2.75, 3.05) is 13.6 Å². The Balaban J connectivity index is 1.69. The summed E-state index contributed by atoms with van der Waals surface area (Å²) in [6, 6.07) is 7.57. The van der Waals surface area contributed by atoms with Crippen molar-refractivity contribution >= 4 is 5.91 Å². The van der Waals surface area contributed by atoms with Gasteiger partial charge in [0.25, 0.3) is 5.91 Å². The molecule has 3 rings (SSSR count). The fourth-order valence-electron chi connectivity index (χ4n) is 3.04. The summed E-state index contributed by atoms with van der Waals surface area (Å²) in [6.45, 7) is 0.531. The van der Waals surface area contributed by atoms with E-state index in [4.69, 9.17) is 0 Å². The Hall–Kier alpha value is -2.21. The predicted octanol–water partition coefficient (Wildman–Crippen LogP) is 2.24. The van der Waals surface area contributed by atoms with E-state index in [1.807, 2.05) is 0 Å². The van der Waals surface area contributed by atoms with Gasteiger partial charge >= 0.3 is 0 Å². The van der Waals surface area contributed by atoms with E-state index in [1.165, 1.54) is 12.1 Å². The Morgan fingerprint density at radius 2 is 2.09 bits per heavy atom. The average Bonchev–Trinajstić information content (AvgIpc) is 3.17. The van der Waals surface area contributed by atoms with Gasteiger partial charge in [-0.3, -0.25) is 4.79 Å². The second-order valence-corrected chi connectivity index (χ2v) is 6.07. The minimum atomic E-state index is -0.318. The van der Waals surface area contributed by atoms with Crippen LogP contribution >= 0.6 is 0 Å². The SMILES string of the molecule is CN(CC1CCCC1O)C(=O)c1ccn(-c2ccc(F)cc2)n1. The van der Waals surface area contributed by atoms with Crippen LogP contribution in [0.4, 0.5) is 4.39 Å². The van der Waals surface area contributed by atoms with Crippen molar-refractivity contribution in [1.82, 2.24) is 14.7 Å². The van der Waals surface area contributed by atoms with Gasteiger partial charge in [0.05, 0.1) is 11.8 Å². The van der Waals surface area contributed by atoms with Crippen molar-refractivity contribution in [1.29, 1.82) is 0 Å². The molecule has 0 spiro atoms. The maximum Gasteiger partial charge on any atom is 0.274 e. The van der Waals surface area contributed by atoms with Gasteiger partial charge in [0.1, 0.15) is 5.82 Å². The molecule has 0 saturated heterocycles. The fourth-order valence-corrected chi connectivity index (χ4v) is 3.04. The van der Waals surface area contributed by atoms with Crippen LogP contribution in [0.2, 0.25) is 0 Å². The molecule has 1 aliphatic rings. The number of carbonyl (C=O) groups is 1. The van der Waals surface area contributed by atoms with Crippen molar-refractivity contribution in [3.63, 3.8) is 0 Å². The zero-order chi connectivity index (χ0) is 16.4. The number of benzene rings is 1. The van der Waals surface area contributed by atoms with Crippen LogP contribution in [0.15, 0.2) is 36.5 Å². The number of aliphatic hydroxyl groups is 1. The Bertz CT molecular complexity index is 683. The van der Waals surface area contributed by atoms with Crippen molar-refractivity contribution in [2.45, 2.75) is 25.4 Å². The van der Waals surface area contributed by atoms with Gasteiger partial charge in [0.15, 0.2) is 5.69 Å². The molecule has 5 nitrogen and oxygen atoms in total. The first-order chi connectivity index (χ1) is 11.0. The second-order valence-electron chi connectivity index (χ2n) is 6.07. The number of aromatic nitrogens is 2. The van der Waals surface area contributed by atoms with E-state index in [2.05, 4.69) is 5.10 Å².